The lowest BCUT2D eigenvalue weighted by molar-refractivity contribution is -0.171. The van der Waals surface area contributed by atoms with Crippen LogP contribution in [0, 0.1) is 0 Å². The Balaban J connectivity index is 2.24. The molecule has 0 saturated carbocycles. The minimum Gasteiger partial charge on any atom is -0.366 e. The van der Waals surface area contributed by atoms with Crippen molar-refractivity contribution in [3.05, 3.63) is 23.2 Å². The van der Waals surface area contributed by atoms with Gasteiger partial charge in [-0.1, -0.05) is 11.6 Å². The fraction of sp³-hybridized carbons (Fsp3) is 0.615. The molecule has 0 unspecified atom stereocenters. The van der Waals surface area contributed by atoms with Crippen LogP contribution in [0.5, 0.6) is 0 Å². The number of carbonyl (C=O) groups excluding carboxylic acids is 1. The van der Waals surface area contributed by atoms with Gasteiger partial charge in [0.15, 0.2) is 0 Å². The van der Waals surface area contributed by atoms with Crippen molar-refractivity contribution in [1.29, 1.82) is 0 Å². The van der Waals surface area contributed by atoms with E-state index in [0.29, 0.717) is 13.1 Å². The summed E-state index contributed by atoms with van der Waals surface area (Å²) in [7, 11) is 0. The molecule has 0 N–H and O–H groups in total. The number of nitrogens with zero attached hydrogens (tertiary/aromatic N) is 3. The molecule has 0 aliphatic carbocycles. The van der Waals surface area contributed by atoms with Crippen molar-refractivity contribution in [2.24, 2.45) is 0 Å². The summed E-state index contributed by atoms with van der Waals surface area (Å²) >= 11 is 5.77. The molecule has 1 aromatic heterocycles. The van der Waals surface area contributed by atoms with Gasteiger partial charge in [-0.3, -0.25) is 9.78 Å². The average molecular weight is 284 g/mol. The molecule has 1 saturated heterocycles. The van der Waals surface area contributed by atoms with Crippen molar-refractivity contribution >= 4 is 17.5 Å². The van der Waals surface area contributed by atoms with Crippen LogP contribution in [-0.4, -0.2) is 45.1 Å². The summed E-state index contributed by atoms with van der Waals surface area (Å²) in [5.74, 6) is -0.167. The molecule has 6 heteroatoms. The Kier molecular flexibility index (Phi) is 3.53. The molecule has 1 fully saturated rings. The largest absolute Gasteiger partial charge is 0.366 e. The van der Waals surface area contributed by atoms with Gasteiger partial charge in [0.1, 0.15) is 10.8 Å². The van der Waals surface area contributed by atoms with E-state index >= 15 is 0 Å². The number of morpholine rings is 1. The normalized spacial score (nSPS) is 21.2. The number of amides is 1. The van der Waals surface area contributed by atoms with Crippen LogP contribution in [0.4, 0.5) is 0 Å². The molecule has 1 aromatic rings. The van der Waals surface area contributed by atoms with Gasteiger partial charge in [-0.05, 0) is 27.7 Å². The van der Waals surface area contributed by atoms with Crippen LogP contribution in [0.1, 0.15) is 38.2 Å². The maximum absolute atomic E-state index is 12.4. The van der Waals surface area contributed by atoms with Crippen LogP contribution in [0.2, 0.25) is 5.15 Å². The molecule has 2 heterocycles. The van der Waals surface area contributed by atoms with E-state index in [0.717, 1.165) is 0 Å². The second-order valence-electron chi connectivity index (χ2n) is 6.01. The van der Waals surface area contributed by atoms with Crippen LogP contribution in [0.15, 0.2) is 12.4 Å². The maximum atomic E-state index is 12.4. The number of halogens is 1. The summed E-state index contributed by atoms with van der Waals surface area (Å²) in [4.78, 5) is 22.1. The molecule has 0 spiro atoms. The fourth-order valence-electron chi connectivity index (χ4n) is 2.54. The number of hydrogen-bond donors (Lipinski definition) is 0. The monoisotopic (exact) mass is 283 g/mol. The topological polar surface area (TPSA) is 55.3 Å². The van der Waals surface area contributed by atoms with Gasteiger partial charge in [0.05, 0.1) is 23.6 Å². The molecule has 5 nitrogen and oxygen atoms in total. The molecule has 0 aromatic carbocycles. The zero-order valence-electron chi connectivity index (χ0n) is 11.6. The van der Waals surface area contributed by atoms with Crippen LogP contribution < -0.4 is 0 Å². The molecule has 1 amide bonds. The molecular formula is C13H18ClN3O2. The SMILES string of the molecule is CC1(C)CN(C(=O)c2cncc(Cl)n2)CC(C)(C)O1. The van der Waals surface area contributed by atoms with Crippen molar-refractivity contribution in [1.82, 2.24) is 14.9 Å². The quantitative estimate of drug-likeness (QED) is 0.792. The number of ether oxygens (including phenoxy) is 1. The summed E-state index contributed by atoms with van der Waals surface area (Å²) in [6.07, 6.45) is 2.84. The number of aromatic nitrogens is 2. The predicted molar refractivity (Wildman–Crippen MR) is 72.2 cm³/mol. The summed E-state index contributed by atoms with van der Waals surface area (Å²) in [5.41, 5.74) is -0.506. The highest BCUT2D eigenvalue weighted by molar-refractivity contribution is 6.29. The van der Waals surface area contributed by atoms with Crippen molar-refractivity contribution in [3.8, 4) is 0 Å². The lowest BCUT2D eigenvalue weighted by atomic mass is 9.98. The molecule has 0 bridgehead atoms. The lowest BCUT2D eigenvalue weighted by Crippen LogP contribution is -2.58. The maximum Gasteiger partial charge on any atom is 0.274 e. The summed E-state index contributed by atoms with van der Waals surface area (Å²) < 4.78 is 5.95. The molecule has 0 radical (unpaired) electrons. The van der Waals surface area contributed by atoms with E-state index < -0.39 is 0 Å². The zero-order chi connectivity index (χ0) is 14.3. The Labute approximate surface area is 117 Å². The molecule has 104 valence electrons. The Hall–Kier alpha value is -1.20. The van der Waals surface area contributed by atoms with Gasteiger partial charge in [-0.15, -0.1) is 0 Å². The highest BCUT2D eigenvalue weighted by Crippen LogP contribution is 2.28. The van der Waals surface area contributed by atoms with Gasteiger partial charge in [-0.2, -0.15) is 0 Å². The van der Waals surface area contributed by atoms with E-state index in [2.05, 4.69) is 9.97 Å². The van der Waals surface area contributed by atoms with E-state index in [-0.39, 0.29) is 28.0 Å². The highest BCUT2D eigenvalue weighted by atomic mass is 35.5. The number of rotatable bonds is 1. The second-order valence-corrected chi connectivity index (χ2v) is 6.40. The molecule has 19 heavy (non-hydrogen) atoms. The Morgan fingerprint density at radius 3 is 2.37 bits per heavy atom. The molecule has 2 rings (SSSR count). The van der Waals surface area contributed by atoms with Gasteiger partial charge in [0, 0.05) is 13.1 Å². The molecule has 1 aliphatic rings. The Bertz CT molecular complexity index is 486. The predicted octanol–water partition coefficient (Wildman–Crippen LogP) is 2.16. The third kappa shape index (κ3) is 3.42. The third-order valence-electron chi connectivity index (χ3n) is 2.81. The minimum absolute atomic E-state index is 0.167. The van der Waals surface area contributed by atoms with Crippen LogP contribution in [0.25, 0.3) is 0 Å². The highest BCUT2D eigenvalue weighted by Gasteiger charge is 2.40. The van der Waals surface area contributed by atoms with Gasteiger partial charge in [0.25, 0.3) is 5.91 Å². The smallest absolute Gasteiger partial charge is 0.274 e. The van der Waals surface area contributed by atoms with Gasteiger partial charge >= 0.3 is 0 Å². The average Bonchev–Trinajstić information content (AvgIpc) is 2.23. The first-order valence-corrected chi connectivity index (χ1v) is 6.53. The fourth-order valence-corrected chi connectivity index (χ4v) is 2.69. The van der Waals surface area contributed by atoms with E-state index in [1.807, 2.05) is 27.7 Å². The molecular weight excluding hydrogens is 266 g/mol. The van der Waals surface area contributed by atoms with E-state index in [1.165, 1.54) is 12.4 Å². The van der Waals surface area contributed by atoms with Crippen molar-refractivity contribution in [2.45, 2.75) is 38.9 Å². The number of carbonyl (C=O) groups is 1. The Morgan fingerprint density at radius 2 is 1.84 bits per heavy atom. The third-order valence-corrected chi connectivity index (χ3v) is 2.99. The van der Waals surface area contributed by atoms with Crippen molar-refractivity contribution in [2.75, 3.05) is 13.1 Å². The minimum atomic E-state index is -0.386. The summed E-state index contributed by atoms with van der Waals surface area (Å²) in [6, 6.07) is 0. The van der Waals surface area contributed by atoms with Crippen molar-refractivity contribution < 1.29 is 9.53 Å². The zero-order valence-corrected chi connectivity index (χ0v) is 12.4. The van der Waals surface area contributed by atoms with Gasteiger partial charge in [-0.25, -0.2) is 4.98 Å². The standard InChI is InChI=1S/C13H18ClN3O2/c1-12(2)7-17(8-13(3,4)19-12)11(18)9-5-15-6-10(14)16-9/h5-6H,7-8H2,1-4H3. The summed E-state index contributed by atoms with van der Waals surface area (Å²) in [6.45, 7) is 8.91. The Morgan fingerprint density at radius 1 is 1.26 bits per heavy atom. The molecule has 0 atom stereocenters. The van der Waals surface area contributed by atoms with Crippen molar-refractivity contribution in [3.63, 3.8) is 0 Å². The van der Waals surface area contributed by atoms with E-state index in [9.17, 15) is 4.79 Å². The lowest BCUT2D eigenvalue weighted by Gasteiger charge is -2.47. The van der Waals surface area contributed by atoms with Crippen LogP contribution >= 0.6 is 11.6 Å². The van der Waals surface area contributed by atoms with Gasteiger partial charge in [0.2, 0.25) is 0 Å². The van der Waals surface area contributed by atoms with E-state index in [4.69, 9.17) is 16.3 Å². The van der Waals surface area contributed by atoms with Crippen LogP contribution in [-0.2, 0) is 4.74 Å². The summed E-state index contributed by atoms with van der Waals surface area (Å²) in [5, 5.41) is 0.220. The van der Waals surface area contributed by atoms with Crippen LogP contribution in [0.3, 0.4) is 0 Å². The van der Waals surface area contributed by atoms with Gasteiger partial charge < -0.3 is 9.64 Å². The first kappa shape index (κ1) is 14.2. The first-order chi connectivity index (χ1) is 8.69. The first-order valence-electron chi connectivity index (χ1n) is 6.16. The van der Waals surface area contributed by atoms with E-state index in [1.54, 1.807) is 4.90 Å². The molecule has 1 aliphatic heterocycles. The second kappa shape index (κ2) is 4.72. The number of hydrogen-bond acceptors (Lipinski definition) is 4.